The molecule has 1 N–H and O–H groups in total. The predicted octanol–water partition coefficient (Wildman–Crippen LogP) is 1.67. The molecule has 0 aliphatic carbocycles. The molecule has 82 valence electrons. The molecule has 1 amide bonds. The molecule has 0 unspecified atom stereocenters. The molecule has 0 fully saturated rings. The highest BCUT2D eigenvalue weighted by Gasteiger charge is 2.00. The molecule has 0 atom stereocenters. The fraction of sp³-hybridized carbons (Fsp3) is 0.364. The highest BCUT2D eigenvalue weighted by Crippen LogP contribution is 2.15. The van der Waals surface area contributed by atoms with Gasteiger partial charge in [0, 0.05) is 12.8 Å². The number of carbonyl (C=O) groups excluding carboxylic acids is 1. The number of hydrogen-bond acceptors (Lipinski definition) is 3. The summed E-state index contributed by atoms with van der Waals surface area (Å²) in [5, 5.41) is 2.69. The summed E-state index contributed by atoms with van der Waals surface area (Å²) in [6, 6.07) is 7.20. The molecule has 0 saturated heterocycles. The number of anilines is 1. The van der Waals surface area contributed by atoms with E-state index >= 15 is 0 Å². The smallest absolute Gasteiger partial charge is 0.250 e. The standard InChI is InChI=1S/C11H15NO3/c1-3-15-10-6-4-9(5-7-10)12-11(13)8-14-2/h4-7H,3,8H2,1-2H3,(H,12,13). The molecular weight excluding hydrogens is 194 g/mol. The number of rotatable bonds is 5. The lowest BCUT2D eigenvalue weighted by Crippen LogP contribution is -2.16. The van der Waals surface area contributed by atoms with Gasteiger partial charge in [-0.15, -0.1) is 0 Å². The SMILES string of the molecule is CCOc1ccc(NC(=O)COC)cc1. The third kappa shape index (κ3) is 3.99. The summed E-state index contributed by atoms with van der Waals surface area (Å²) >= 11 is 0. The van der Waals surface area contributed by atoms with E-state index in [-0.39, 0.29) is 12.5 Å². The van der Waals surface area contributed by atoms with Gasteiger partial charge in [0.1, 0.15) is 12.4 Å². The van der Waals surface area contributed by atoms with Crippen LogP contribution in [0.2, 0.25) is 0 Å². The first-order valence-electron chi connectivity index (χ1n) is 4.78. The van der Waals surface area contributed by atoms with Crippen molar-refractivity contribution >= 4 is 11.6 Å². The quantitative estimate of drug-likeness (QED) is 0.802. The maximum Gasteiger partial charge on any atom is 0.250 e. The number of amides is 1. The van der Waals surface area contributed by atoms with Gasteiger partial charge in [-0.25, -0.2) is 0 Å². The summed E-state index contributed by atoms with van der Waals surface area (Å²) < 4.78 is 9.98. The van der Waals surface area contributed by atoms with E-state index in [1.165, 1.54) is 7.11 Å². The van der Waals surface area contributed by atoms with Gasteiger partial charge in [0.15, 0.2) is 0 Å². The molecule has 4 heteroatoms. The van der Waals surface area contributed by atoms with Crippen LogP contribution in [0.1, 0.15) is 6.92 Å². The molecule has 0 aliphatic heterocycles. The Balaban J connectivity index is 2.52. The van der Waals surface area contributed by atoms with Crippen molar-refractivity contribution in [1.82, 2.24) is 0 Å². The van der Waals surface area contributed by atoms with Crippen molar-refractivity contribution in [3.05, 3.63) is 24.3 Å². The Morgan fingerprint density at radius 2 is 2.00 bits per heavy atom. The molecule has 0 heterocycles. The van der Waals surface area contributed by atoms with E-state index in [4.69, 9.17) is 9.47 Å². The normalized spacial score (nSPS) is 9.73. The van der Waals surface area contributed by atoms with Crippen molar-refractivity contribution in [3.8, 4) is 5.75 Å². The highest BCUT2D eigenvalue weighted by atomic mass is 16.5. The van der Waals surface area contributed by atoms with Crippen LogP contribution in [0.25, 0.3) is 0 Å². The molecule has 1 rings (SSSR count). The lowest BCUT2D eigenvalue weighted by atomic mass is 10.3. The maximum absolute atomic E-state index is 11.2. The maximum atomic E-state index is 11.2. The van der Waals surface area contributed by atoms with Crippen molar-refractivity contribution in [1.29, 1.82) is 0 Å². The third-order valence-corrected chi connectivity index (χ3v) is 1.72. The lowest BCUT2D eigenvalue weighted by molar-refractivity contribution is -0.119. The van der Waals surface area contributed by atoms with E-state index in [0.29, 0.717) is 6.61 Å². The van der Waals surface area contributed by atoms with Crippen LogP contribution in [-0.4, -0.2) is 26.2 Å². The first-order chi connectivity index (χ1) is 7.26. The van der Waals surface area contributed by atoms with Crippen molar-refractivity contribution in [2.75, 3.05) is 25.6 Å². The lowest BCUT2D eigenvalue weighted by Gasteiger charge is -2.06. The molecule has 4 nitrogen and oxygen atoms in total. The van der Waals surface area contributed by atoms with Crippen molar-refractivity contribution < 1.29 is 14.3 Å². The van der Waals surface area contributed by atoms with Crippen LogP contribution in [0.3, 0.4) is 0 Å². The van der Waals surface area contributed by atoms with Gasteiger partial charge in [-0.05, 0) is 31.2 Å². The van der Waals surface area contributed by atoms with E-state index in [2.05, 4.69) is 5.32 Å². The molecular formula is C11H15NO3. The summed E-state index contributed by atoms with van der Waals surface area (Å²) in [7, 11) is 1.48. The average molecular weight is 209 g/mol. The van der Waals surface area contributed by atoms with E-state index in [1.54, 1.807) is 12.1 Å². The van der Waals surface area contributed by atoms with Crippen LogP contribution in [-0.2, 0) is 9.53 Å². The number of hydrogen-bond donors (Lipinski definition) is 1. The van der Waals surface area contributed by atoms with Crippen LogP contribution < -0.4 is 10.1 Å². The van der Waals surface area contributed by atoms with Gasteiger partial charge in [-0.1, -0.05) is 0 Å². The molecule has 0 radical (unpaired) electrons. The Bertz CT molecular complexity index is 308. The molecule has 0 aliphatic rings. The van der Waals surface area contributed by atoms with Crippen LogP contribution >= 0.6 is 0 Å². The first kappa shape index (κ1) is 11.5. The topological polar surface area (TPSA) is 47.6 Å². The molecule has 0 aromatic heterocycles. The van der Waals surface area contributed by atoms with Crippen LogP contribution in [0, 0.1) is 0 Å². The minimum absolute atomic E-state index is 0.0627. The second-order valence-corrected chi connectivity index (χ2v) is 2.94. The highest BCUT2D eigenvalue weighted by molar-refractivity contribution is 5.91. The average Bonchev–Trinajstić information content (AvgIpc) is 2.22. The summed E-state index contributed by atoms with van der Waals surface area (Å²) in [6.07, 6.45) is 0. The van der Waals surface area contributed by atoms with Crippen molar-refractivity contribution in [2.45, 2.75) is 6.92 Å². The van der Waals surface area contributed by atoms with Crippen LogP contribution in [0.15, 0.2) is 24.3 Å². The van der Waals surface area contributed by atoms with Gasteiger partial charge < -0.3 is 14.8 Å². The molecule has 0 bridgehead atoms. The van der Waals surface area contributed by atoms with E-state index < -0.39 is 0 Å². The number of ether oxygens (including phenoxy) is 2. The van der Waals surface area contributed by atoms with E-state index in [0.717, 1.165) is 11.4 Å². The fourth-order valence-electron chi connectivity index (χ4n) is 1.13. The first-order valence-corrected chi connectivity index (χ1v) is 4.78. The summed E-state index contributed by atoms with van der Waals surface area (Å²) in [5.41, 5.74) is 0.737. The summed E-state index contributed by atoms with van der Waals surface area (Å²) in [4.78, 5) is 11.2. The number of nitrogens with one attached hydrogen (secondary N) is 1. The zero-order chi connectivity index (χ0) is 11.1. The molecule has 15 heavy (non-hydrogen) atoms. The predicted molar refractivity (Wildman–Crippen MR) is 58.1 cm³/mol. The van der Waals surface area contributed by atoms with Gasteiger partial charge in [0.25, 0.3) is 0 Å². The zero-order valence-electron chi connectivity index (χ0n) is 8.95. The van der Waals surface area contributed by atoms with Crippen molar-refractivity contribution in [3.63, 3.8) is 0 Å². The second-order valence-electron chi connectivity index (χ2n) is 2.94. The number of methoxy groups -OCH3 is 1. The molecule has 0 spiro atoms. The minimum Gasteiger partial charge on any atom is -0.494 e. The monoisotopic (exact) mass is 209 g/mol. The van der Waals surface area contributed by atoms with Gasteiger partial charge in [-0.3, -0.25) is 4.79 Å². The Morgan fingerprint density at radius 3 is 2.53 bits per heavy atom. The molecule has 1 aromatic carbocycles. The number of benzene rings is 1. The van der Waals surface area contributed by atoms with Crippen molar-refractivity contribution in [2.24, 2.45) is 0 Å². The fourth-order valence-corrected chi connectivity index (χ4v) is 1.13. The van der Waals surface area contributed by atoms with Gasteiger partial charge in [0.05, 0.1) is 6.61 Å². The van der Waals surface area contributed by atoms with Gasteiger partial charge >= 0.3 is 0 Å². The summed E-state index contributed by atoms with van der Waals surface area (Å²) in [6.45, 7) is 2.62. The molecule has 1 aromatic rings. The minimum atomic E-state index is -0.165. The summed E-state index contributed by atoms with van der Waals surface area (Å²) in [5.74, 6) is 0.629. The Hall–Kier alpha value is -1.55. The van der Waals surface area contributed by atoms with Gasteiger partial charge in [-0.2, -0.15) is 0 Å². The zero-order valence-corrected chi connectivity index (χ0v) is 8.95. The second kappa shape index (κ2) is 6.03. The largest absolute Gasteiger partial charge is 0.494 e. The Kier molecular flexibility index (Phi) is 4.63. The third-order valence-electron chi connectivity index (χ3n) is 1.72. The Morgan fingerprint density at radius 1 is 1.33 bits per heavy atom. The van der Waals surface area contributed by atoms with E-state index in [1.807, 2.05) is 19.1 Å². The van der Waals surface area contributed by atoms with Crippen LogP contribution in [0.5, 0.6) is 5.75 Å². The Labute approximate surface area is 89.2 Å². The van der Waals surface area contributed by atoms with Gasteiger partial charge in [0.2, 0.25) is 5.91 Å². The van der Waals surface area contributed by atoms with E-state index in [9.17, 15) is 4.79 Å². The number of carbonyl (C=O) groups is 1. The molecule has 0 saturated carbocycles. The van der Waals surface area contributed by atoms with Crippen LogP contribution in [0.4, 0.5) is 5.69 Å².